The molecule has 1 N–H and O–H groups in total. The van der Waals surface area contributed by atoms with E-state index in [0.29, 0.717) is 68.7 Å². The van der Waals surface area contributed by atoms with Crippen molar-refractivity contribution in [2.45, 2.75) is 6.92 Å². The number of carbonyl (C=O) groups is 2. The summed E-state index contributed by atoms with van der Waals surface area (Å²) in [5.74, 6) is 0.374. The highest BCUT2D eigenvalue weighted by Crippen LogP contribution is 2.17. The molecular weight excluding hydrogens is 372 g/mol. The first-order chi connectivity index (χ1) is 14.2. The predicted octanol–water partition coefficient (Wildman–Crippen LogP) is 2.83. The van der Waals surface area contributed by atoms with Gasteiger partial charge in [0.15, 0.2) is 0 Å². The second-order valence-electron chi connectivity index (χ2n) is 6.51. The van der Waals surface area contributed by atoms with Gasteiger partial charge in [0, 0.05) is 36.5 Å². The standard InChI is InChI=1S/C22H26N2O5/c1-2-27-14-15-29-20-8-6-17(7-9-20)21(25)23-19-5-3-4-18(16-19)22(26)24-10-12-28-13-11-24/h3-9,16H,2,10-15H2,1H3,(H,23,25). The van der Waals surface area contributed by atoms with Crippen molar-refractivity contribution in [2.24, 2.45) is 0 Å². The molecule has 0 bridgehead atoms. The average Bonchev–Trinajstić information content (AvgIpc) is 2.77. The van der Waals surface area contributed by atoms with Crippen LogP contribution in [-0.4, -0.2) is 62.8 Å². The lowest BCUT2D eigenvalue weighted by Gasteiger charge is -2.27. The van der Waals surface area contributed by atoms with Crippen LogP contribution >= 0.6 is 0 Å². The Bertz CT molecular complexity index is 816. The SMILES string of the molecule is CCOCCOc1ccc(C(=O)Nc2cccc(C(=O)N3CCOCC3)c2)cc1. The monoisotopic (exact) mass is 398 g/mol. The van der Waals surface area contributed by atoms with Gasteiger partial charge in [-0.25, -0.2) is 0 Å². The average molecular weight is 398 g/mol. The maximum atomic E-state index is 12.6. The Hall–Kier alpha value is -2.90. The zero-order valence-electron chi connectivity index (χ0n) is 16.6. The number of hydrogen-bond donors (Lipinski definition) is 1. The van der Waals surface area contributed by atoms with E-state index in [1.807, 2.05) is 6.92 Å². The maximum Gasteiger partial charge on any atom is 0.255 e. The summed E-state index contributed by atoms with van der Waals surface area (Å²) >= 11 is 0. The van der Waals surface area contributed by atoms with Crippen LogP contribution in [0.2, 0.25) is 0 Å². The summed E-state index contributed by atoms with van der Waals surface area (Å²) in [6, 6.07) is 13.9. The van der Waals surface area contributed by atoms with Gasteiger partial charge in [0.2, 0.25) is 0 Å². The minimum Gasteiger partial charge on any atom is -0.491 e. The zero-order chi connectivity index (χ0) is 20.5. The summed E-state index contributed by atoms with van der Waals surface area (Å²) in [6.45, 7) is 5.83. The highest BCUT2D eigenvalue weighted by molar-refractivity contribution is 6.05. The molecule has 2 aromatic carbocycles. The van der Waals surface area contributed by atoms with Gasteiger partial charge in [0.05, 0.1) is 19.8 Å². The molecule has 0 aliphatic carbocycles. The van der Waals surface area contributed by atoms with Gasteiger partial charge >= 0.3 is 0 Å². The molecule has 0 radical (unpaired) electrons. The second-order valence-corrected chi connectivity index (χ2v) is 6.51. The van der Waals surface area contributed by atoms with E-state index in [-0.39, 0.29) is 11.8 Å². The van der Waals surface area contributed by atoms with E-state index < -0.39 is 0 Å². The molecule has 0 atom stereocenters. The number of benzene rings is 2. The minimum atomic E-state index is -0.248. The van der Waals surface area contributed by atoms with Crippen molar-refractivity contribution in [3.8, 4) is 5.75 Å². The number of amides is 2. The van der Waals surface area contributed by atoms with E-state index >= 15 is 0 Å². The molecule has 0 spiro atoms. The Labute approximate surface area is 170 Å². The molecule has 1 saturated heterocycles. The number of nitrogens with zero attached hydrogens (tertiary/aromatic N) is 1. The van der Waals surface area contributed by atoms with Gasteiger partial charge < -0.3 is 24.4 Å². The van der Waals surface area contributed by atoms with Crippen LogP contribution in [0.1, 0.15) is 27.6 Å². The molecule has 0 unspecified atom stereocenters. The minimum absolute atomic E-state index is 0.0575. The summed E-state index contributed by atoms with van der Waals surface area (Å²) in [4.78, 5) is 26.9. The van der Waals surface area contributed by atoms with Crippen LogP contribution in [0, 0.1) is 0 Å². The fourth-order valence-electron chi connectivity index (χ4n) is 2.95. The summed E-state index contributed by atoms with van der Waals surface area (Å²) in [5.41, 5.74) is 1.63. The smallest absolute Gasteiger partial charge is 0.255 e. The number of ether oxygens (including phenoxy) is 3. The number of anilines is 1. The van der Waals surface area contributed by atoms with Crippen molar-refractivity contribution in [3.63, 3.8) is 0 Å². The fraction of sp³-hybridized carbons (Fsp3) is 0.364. The maximum absolute atomic E-state index is 12.6. The molecule has 1 aliphatic heterocycles. The van der Waals surface area contributed by atoms with E-state index in [2.05, 4.69) is 5.32 Å². The second kappa shape index (κ2) is 10.6. The lowest BCUT2D eigenvalue weighted by molar-refractivity contribution is 0.0303. The van der Waals surface area contributed by atoms with Gasteiger partial charge in [-0.1, -0.05) is 6.07 Å². The van der Waals surface area contributed by atoms with Crippen LogP contribution < -0.4 is 10.1 Å². The first-order valence-electron chi connectivity index (χ1n) is 9.76. The predicted molar refractivity (Wildman–Crippen MR) is 110 cm³/mol. The van der Waals surface area contributed by atoms with Crippen molar-refractivity contribution in [3.05, 3.63) is 59.7 Å². The van der Waals surface area contributed by atoms with Crippen molar-refractivity contribution < 1.29 is 23.8 Å². The molecule has 3 rings (SSSR count). The summed E-state index contributed by atoms with van der Waals surface area (Å²) in [6.07, 6.45) is 0. The molecule has 154 valence electrons. The van der Waals surface area contributed by atoms with Crippen molar-refractivity contribution >= 4 is 17.5 Å². The Morgan fingerprint density at radius 3 is 2.52 bits per heavy atom. The molecule has 2 amide bonds. The zero-order valence-corrected chi connectivity index (χ0v) is 16.6. The molecule has 1 aliphatic rings. The van der Waals surface area contributed by atoms with Crippen LogP contribution in [0.3, 0.4) is 0 Å². The summed E-state index contributed by atoms with van der Waals surface area (Å²) < 4.78 is 16.1. The van der Waals surface area contributed by atoms with E-state index in [1.54, 1.807) is 53.4 Å². The normalized spacial score (nSPS) is 13.8. The first-order valence-corrected chi connectivity index (χ1v) is 9.76. The van der Waals surface area contributed by atoms with Gasteiger partial charge in [-0.3, -0.25) is 9.59 Å². The topological polar surface area (TPSA) is 77.1 Å². The van der Waals surface area contributed by atoms with Crippen LogP contribution in [0.15, 0.2) is 48.5 Å². The lowest BCUT2D eigenvalue weighted by atomic mass is 10.1. The third kappa shape index (κ3) is 6.04. The number of rotatable bonds is 8. The highest BCUT2D eigenvalue weighted by atomic mass is 16.5. The van der Waals surface area contributed by atoms with Crippen LogP contribution in [0.25, 0.3) is 0 Å². The third-order valence-corrected chi connectivity index (χ3v) is 4.48. The Morgan fingerprint density at radius 1 is 1.03 bits per heavy atom. The quantitative estimate of drug-likeness (QED) is 0.692. The molecule has 29 heavy (non-hydrogen) atoms. The number of morpholine rings is 1. The molecule has 7 nitrogen and oxygen atoms in total. The summed E-state index contributed by atoms with van der Waals surface area (Å²) in [5, 5.41) is 2.84. The van der Waals surface area contributed by atoms with E-state index in [0.717, 1.165) is 0 Å². The number of hydrogen-bond acceptors (Lipinski definition) is 5. The number of nitrogens with one attached hydrogen (secondary N) is 1. The van der Waals surface area contributed by atoms with Gasteiger partial charge in [0.25, 0.3) is 11.8 Å². The van der Waals surface area contributed by atoms with Gasteiger partial charge in [-0.05, 0) is 49.4 Å². The molecule has 0 aromatic heterocycles. The molecular formula is C22H26N2O5. The third-order valence-electron chi connectivity index (χ3n) is 4.48. The van der Waals surface area contributed by atoms with E-state index in [4.69, 9.17) is 14.2 Å². The number of carbonyl (C=O) groups excluding carboxylic acids is 2. The lowest BCUT2D eigenvalue weighted by Crippen LogP contribution is -2.40. The van der Waals surface area contributed by atoms with Crippen molar-refractivity contribution in [2.75, 3.05) is 51.4 Å². The van der Waals surface area contributed by atoms with E-state index in [1.165, 1.54) is 0 Å². The van der Waals surface area contributed by atoms with Crippen molar-refractivity contribution in [1.82, 2.24) is 4.90 Å². The van der Waals surface area contributed by atoms with Crippen LogP contribution in [0.5, 0.6) is 5.75 Å². The van der Waals surface area contributed by atoms with E-state index in [9.17, 15) is 9.59 Å². The van der Waals surface area contributed by atoms with Gasteiger partial charge in [-0.15, -0.1) is 0 Å². The van der Waals surface area contributed by atoms with Gasteiger partial charge in [0.1, 0.15) is 12.4 Å². The Balaban J connectivity index is 1.58. The molecule has 7 heteroatoms. The molecule has 2 aromatic rings. The molecule has 1 heterocycles. The Kier molecular flexibility index (Phi) is 7.61. The fourth-order valence-corrected chi connectivity index (χ4v) is 2.95. The van der Waals surface area contributed by atoms with Crippen LogP contribution in [0.4, 0.5) is 5.69 Å². The van der Waals surface area contributed by atoms with Gasteiger partial charge in [-0.2, -0.15) is 0 Å². The Morgan fingerprint density at radius 2 is 1.79 bits per heavy atom. The van der Waals surface area contributed by atoms with Crippen molar-refractivity contribution in [1.29, 1.82) is 0 Å². The largest absolute Gasteiger partial charge is 0.491 e. The van der Waals surface area contributed by atoms with Crippen LogP contribution in [-0.2, 0) is 9.47 Å². The highest BCUT2D eigenvalue weighted by Gasteiger charge is 2.19. The molecule has 1 fully saturated rings. The molecule has 0 saturated carbocycles. The first kappa shape index (κ1) is 20.8. The summed E-state index contributed by atoms with van der Waals surface area (Å²) in [7, 11) is 0.